The van der Waals surface area contributed by atoms with E-state index >= 15 is 0 Å². The molecule has 1 aromatic carbocycles. The molecule has 2 fully saturated rings. The summed E-state index contributed by atoms with van der Waals surface area (Å²) in [4.78, 5) is 17.5. The molecule has 24 heavy (non-hydrogen) atoms. The number of hydrogen-bond donors (Lipinski definition) is 1. The van der Waals surface area contributed by atoms with Gasteiger partial charge in [-0.25, -0.2) is 0 Å². The van der Waals surface area contributed by atoms with Gasteiger partial charge in [0.2, 0.25) is 0 Å². The van der Waals surface area contributed by atoms with Crippen LogP contribution in [0.5, 0.6) is 0 Å². The van der Waals surface area contributed by atoms with Crippen molar-refractivity contribution in [3.05, 3.63) is 23.8 Å². The van der Waals surface area contributed by atoms with Crippen molar-refractivity contribution in [1.82, 2.24) is 4.90 Å². The van der Waals surface area contributed by atoms with E-state index in [1.165, 1.54) is 25.7 Å². The molecule has 2 N–H and O–H groups in total. The fraction of sp³-hybridized carbons (Fsp3) is 0.650. The van der Waals surface area contributed by atoms with Crippen molar-refractivity contribution in [2.24, 2.45) is 5.41 Å². The lowest BCUT2D eigenvalue weighted by Crippen LogP contribution is -2.39. The van der Waals surface area contributed by atoms with Crippen molar-refractivity contribution < 1.29 is 4.79 Å². The van der Waals surface area contributed by atoms with Crippen LogP contribution in [0.4, 0.5) is 11.4 Å². The highest BCUT2D eigenvalue weighted by Crippen LogP contribution is 2.52. The number of hydrogen-bond acceptors (Lipinski definition) is 3. The Morgan fingerprint density at radius 3 is 2.54 bits per heavy atom. The number of rotatable bonds is 6. The molecular formula is C20H31N3O. The summed E-state index contributed by atoms with van der Waals surface area (Å²) in [7, 11) is 0. The summed E-state index contributed by atoms with van der Waals surface area (Å²) in [5.41, 5.74) is 9.20. The predicted octanol–water partition coefficient (Wildman–Crippen LogP) is 3.91. The van der Waals surface area contributed by atoms with Gasteiger partial charge in [-0.2, -0.15) is 0 Å². The van der Waals surface area contributed by atoms with Crippen LogP contribution < -0.4 is 10.6 Å². The van der Waals surface area contributed by atoms with Gasteiger partial charge in [-0.3, -0.25) is 4.79 Å². The standard InChI is InChI=1S/C20H31N3O/c1-3-11-22(12-4-2)19(24)17-7-6-16(21)14-18(17)23-13-5-8-20(15-23)9-10-20/h6-7,14H,3-5,8-13,15,21H2,1-2H3. The van der Waals surface area contributed by atoms with Crippen molar-refractivity contribution in [3.8, 4) is 0 Å². The van der Waals surface area contributed by atoms with Gasteiger partial charge < -0.3 is 15.5 Å². The Balaban J connectivity index is 1.88. The van der Waals surface area contributed by atoms with E-state index in [1.807, 2.05) is 23.1 Å². The quantitative estimate of drug-likeness (QED) is 0.805. The first-order chi connectivity index (χ1) is 11.6. The molecule has 132 valence electrons. The van der Waals surface area contributed by atoms with Crippen molar-refractivity contribution in [2.45, 2.75) is 52.4 Å². The molecule has 0 atom stereocenters. The zero-order valence-corrected chi connectivity index (χ0v) is 15.2. The third-order valence-corrected chi connectivity index (χ3v) is 5.49. The van der Waals surface area contributed by atoms with Gasteiger partial charge >= 0.3 is 0 Å². The summed E-state index contributed by atoms with van der Waals surface area (Å²) in [5.74, 6) is 0.157. The Morgan fingerprint density at radius 2 is 1.92 bits per heavy atom. The van der Waals surface area contributed by atoms with Crippen molar-refractivity contribution in [1.29, 1.82) is 0 Å². The van der Waals surface area contributed by atoms with Crippen LogP contribution in [0.25, 0.3) is 0 Å². The number of nitrogens with two attached hydrogens (primary N) is 1. The van der Waals surface area contributed by atoms with Gasteiger partial charge in [0, 0.05) is 31.9 Å². The van der Waals surface area contributed by atoms with Gasteiger partial charge in [0.25, 0.3) is 5.91 Å². The number of carbonyl (C=O) groups excluding carboxylic acids is 1. The highest BCUT2D eigenvalue weighted by Gasteiger charge is 2.45. The molecule has 1 aliphatic heterocycles. The lowest BCUT2D eigenvalue weighted by molar-refractivity contribution is 0.0756. The number of anilines is 2. The van der Waals surface area contributed by atoms with E-state index in [0.717, 1.165) is 56.0 Å². The molecule has 1 saturated heterocycles. The predicted molar refractivity (Wildman–Crippen MR) is 100 cm³/mol. The Kier molecular flexibility index (Phi) is 5.02. The van der Waals surface area contributed by atoms with Crippen LogP contribution >= 0.6 is 0 Å². The molecular weight excluding hydrogens is 298 g/mol. The van der Waals surface area contributed by atoms with E-state index in [-0.39, 0.29) is 5.91 Å². The van der Waals surface area contributed by atoms with Crippen LogP contribution in [0.3, 0.4) is 0 Å². The first kappa shape index (κ1) is 17.1. The number of nitrogen functional groups attached to an aromatic ring is 1. The third kappa shape index (κ3) is 3.52. The summed E-state index contributed by atoms with van der Waals surface area (Å²) in [6.45, 7) is 8.01. The van der Waals surface area contributed by atoms with Crippen LogP contribution in [-0.4, -0.2) is 37.0 Å². The molecule has 4 nitrogen and oxygen atoms in total. The SMILES string of the molecule is CCCN(CCC)C(=O)c1ccc(N)cc1N1CCCC2(CC2)C1. The lowest BCUT2D eigenvalue weighted by Gasteiger charge is -2.36. The molecule has 1 aromatic rings. The van der Waals surface area contributed by atoms with E-state index in [2.05, 4.69) is 18.7 Å². The molecule has 0 radical (unpaired) electrons. The topological polar surface area (TPSA) is 49.6 Å². The maximum Gasteiger partial charge on any atom is 0.255 e. The minimum Gasteiger partial charge on any atom is -0.399 e. The molecule has 1 saturated carbocycles. The summed E-state index contributed by atoms with van der Waals surface area (Å²) in [5, 5.41) is 0. The van der Waals surface area contributed by atoms with Crippen molar-refractivity contribution >= 4 is 17.3 Å². The first-order valence-electron chi connectivity index (χ1n) is 9.52. The summed E-state index contributed by atoms with van der Waals surface area (Å²) < 4.78 is 0. The normalized spacial score (nSPS) is 18.7. The van der Waals surface area contributed by atoms with Gasteiger partial charge in [0.15, 0.2) is 0 Å². The summed E-state index contributed by atoms with van der Waals surface area (Å²) in [6.07, 6.45) is 7.22. The van der Waals surface area contributed by atoms with Crippen LogP contribution in [-0.2, 0) is 0 Å². The van der Waals surface area contributed by atoms with Crippen LogP contribution in [0.2, 0.25) is 0 Å². The Bertz CT molecular complexity index is 589. The molecule has 1 heterocycles. The zero-order chi connectivity index (χ0) is 17.2. The average molecular weight is 329 g/mol. The number of benzene rings is 1. The lowest BCUT2D eigenvalue weighted by atomic mass is 9.94. The molecule has 1 aliphatic carbocycles. The fourth-order valence-corrected chi connectivity index (χ4v) is 4.01. The molecule has 3 rings (SSSR count). The Hall–Kier alpha value is -1.71. The molecule has 0 bridgehead atoms. The Morgan fingerprint density at radius 1 is 1.21 bits per heavy atom. The van der Waals surface area contributed by atoms with E-state index in [4.69, 9.17) is 5.73 Å². The minimum atomic E-state index is 0.157. The molecule has 1 amide bonds. The van der Waals surface area contributed by atoms with Crippen molar-refractivity contribution in [3.63, 3.8) is 0 Å². The smallest absolute Gasteiger partial charge is 0.255 e. The van der Waals surface area contributed by atoms with Gasteiger partial charge in [-0.15, -0.1) is 0 Å². The molecule has 1 spiro atoms. The average Bonchev–Trinajstić information content (AvgIpc) is 3.32. The second-order valence-electron chi connectivity index (χ2n) is 7.59. The largest absolute Gasteiger partial charge is 0.399 e. The third-order valence-electron chi connectivity index (χ3n) is 5.49. The Labute approximate surface area is 146 Å². The fourth-order valence-electron chi connectivity index (χ4n) is 4.01. The number of carbonyl (C=O) groups is 1. The van der Waals surface area contributed by atoms with Gasteiger partial charge in [-0.1, -0.05) is 13.8 Å². The molecule has 4 heteroatoms. The van der Waals surface area contributed by atoms with Gasteiger partial charge in [0.1, 0.15) is 0 Å². The van der Waals surface area contributed by atoms with Crippen molar-refractivity contribution in [2.75, 3.05) is 36.8 Å². The van der Waals surface area contributed by atoms with Crippen LogP contribution in [0, 0.1) is 5.41 Å². The van der Waals surface area contributed by atoms with Gasteiger partial charge in [0.05, 0.1) is 11.3 Å². The monoisotopic (exact) mass is 329 g/mol. The second kappa shape index (κ2) is 7.04. The number of amides is 1. The highest BCUT2D eigenvalue weighted by atomic mass is 16.2. The van der Waals surface area contributed by atoms with Gasteiger partial charge in [-0.05, 0) is 62.1 Å². The molecule has 0 aromatic heterocycles. The van der Waals surface area contributed by atoms with Crippen LogP contribution in [0.15, 0.2) is 18.2 Å². The summed E-state index contributed by atoms with van der Waals surface area (Å²) >= 11 is 0. The minimum absolute atomic E-state index is 0.157. The maximum atomic E-state index is 13.1. The summed E-state index contributed by atoms with van der Waals surface area (Å²) in [6, 6.07) is 5.80. The zero-order valence-electron chi connectivity index (χ0n) is 15.2. The van der Waals surface area contributed by atoms with E-state index in [1.54, 1.807) is 0 Å². The first-order valence-corrected chi connectivity index (χ1v) is 9.52. The maximum absolute atomic E-state index is 13.1. The number of piperidine rings is 1. The van der Waals surface area contributed by atoms with E-state index in [0.29, 0.717) is 5.41 Å². The molecule has 2 aliphatic rings. The number of nitrogens with zero attached hydrogens (tertiary/aromatic N) is 2. The van der Waals surface area contributed by atoms with E-state index < -0.39 is 0 Å². The molecule has 0 unspecified atom stereocenters. The van der Waals surface area contributed by atoms with E-state index in [9.17, 15) is 4.79 Å². The highest BCUT2D eigenvalue weighted by molar-refractivity contribution is 6.00. The van der Waals surface area contributed by atoms with Crippen LogP contribution in [0.1, 0.15) is 62.7 Å². The second-order valence-corrected chi connectivity index (χ2v) is 7.59.